The van der Waals surface area contributed by atoms with E-state index in [0.717, 1.165) is 28.1 Å². The highest BCUT2D eigenvalue weighted by molar-refractivity contribution is 6.10. The fourth-order valence-electron chi connectivity index (χ4n) is 4.08. The Morgan fingerprint density at radius 1 is 1.14 bits per heavy atom. The van der Waals surface area contributed by atoms with Gasteiger partial charge in [0.2, 0.25) is 5.91 Å². The minimum absolute atomic E-state index is 0.00542. The molecule has 0 aliphatic carbocycles. The Balaban J connectivity index is 1.57. The topological polar surface area (TPSA) is 69.7 Å². The maximum Gasteiger partial charge on any atom is 0.325 e. The third-order valence-corrected chi connectivity index (χ3v) is 5.67. The van der Waals surface area contributed by atoms with Gasteiger partial charge in [-0.1, -0.05) is 48.0 Å². The molecule has 0 radical (unpaired) electrons. The zero-order chi connectivity index (χ0) is 20.1. The van der Waals surface area contributed by atoms with Crippen molar-refractivity contribution in [2.75, 3.05) is 11.4 Å². The highest BCUT2D eigenvalue weighted by Gasteiger charge is 2.50. The zero-order valence-corrected chi connectivity index (χ0v) is 16.2. The number of rotatable bonds is 3. The van der Waals surface area contributed by atoms with Gasteiger partial charge >= 0.3 is 6.03 Å². The molecule has 2 aromatic rings. The van der Waals surface area contributed by atoms with Crippen LogP contribution < -0.4 is 10.2 Å². The third kappa shape index (κ3) is 2.76. The molecule has 2 aliphatic heterocycles. The number of hydrogen-bond donors (Lipinski definition) is 1. The lowest BCUT2D eigenvalue weighted by molar-refractivity contribution is -0.134. The molecule has 28 heavy (non-hydrogen) atoms. The molecule has 6 heteroatoms. The predicted molar refractivity (Wildman–Crippen MR) is 106 cm³/mol. The maximum absolute atomic E-state index is 13.1. The van der Waals surface area contributed by atoms with E-state index in [1.54, 1.807) is 11.8 Å². The fraction of sp³-hybridized carbons (Fsp3) is 0.318. The first kappa shape index (κ1) is 18.2. The Morgan fingerprint density at radius 2 is 1.82 bits per heavy atom. The Morgan fingerprint density at radius 3 is 2.54 bits per heavy atom. The van der Waals surface area contributed by atoms with Gasteiger partial charge < -0.3 is 10.2 Å². The molecule has 1 saturated heterocycles. The number of carbonyl (C=O) groups is 3. The summed E-state index contributed by atoms with van der Waals surface area (Å²) in [6.07, 6.45) is 0.767. The van der Waals surface area contributed by atoms with Crippen molar-refractivity contribution < 1.29 is 14.4 Å². The van der Waals surface area contributed by atoms with E-state index in [-0.39, 0.29) is 18.5 Å². The summed E-state index contributed by atoms with van der Waals surface area (Å²) >= 11 is 0. The second-order valence-corrected chi connectivity index (χ2v) is 7.76. The van der Waals surface area contributed by atoms with Crippen molar-refractivity contribution in [3.8, 4) is 0 Å². The van der Waals surface area contributed by atoms with Gasteiger partial charge in [-0.2, -0.15) is 0 Å². The van der Waals surface area contributed by atoms with Gasteiger partial charge in [-0.3, -0.25) is 14.5 Å². The van der Waals surface area contributed by atoms with Gasteiger partial charge in [0, 0.05) is 11.7 Å². The number of fused-ring (bicyclic) bond motifs is 1. The van der Waals surface area contributed by atoms with Gasteiger partial charge in [0.05, 0.1) is 0 Å². The lowest BCUT2D eigenvalue weighted by Crippen LogP contribution is -2.46. The highest BCUT2D eigenvalue weighted by Crippen LogP contribution is 2.33. The number of aryl methyl sites for hydroxylation is 1. The number of nitrogens with one attached hydrogen (secondary N) is 1. The van der Waals surface area contributed by atoms with Crippen LogP contribution in [-0.4, -0.2) is 35.3 Å². The van der Waals surface area contributed by atoms with E-state index in [1.807, 2.05) is 62.4 Å². The van der Waals surface area contributed by atoms with Crippen molar-refractivity contribution in [3.05, 3.63) is 65.2 Å². The molecule has 2 aliphatic rings. The van der Waals surface area contributed by atoms with E-state index < -0.39 is 17.5 Å². The molecule has 4 rings (SSSR count). The number of carbonyl (C=O) groups excluding carboxylic acids is 3. The van der Waals surface area contributed by atoms with Crippen LogP contribution in [0.2, 0.25) is 0 Å². The van der Waals surface area contributed by atoms with Crippen LogP contribution in [0.1, 0.15) is 30.5 Å². The molecule has 2 aromatic carbocycles. The van der Waals surface area contributed by atoms with Crippen LogP contribution in [0.15, 0.2) is 48.5 Å². The SMILES string of the molecule is Cc1ccc([C@@]2(C)NC(=O)N(CC(=O)N3c4ccccc4C[C@@H]3C)C2=O)cc1. The molecule has 1 N–H and O–H groups in total. The van der Waals surface area contributed by atoms with Gasteiger partial charge in [-0.25, -0.2) is 4.79 Å². The summed E-state index contributed by atoms with van der Waals surface area (Å²) in [4.78, 5) is 41.3. The Hall–Kier alpha value is -3.15. The van der Waals surface area contributed by atoms with E-state index >= 15 is 0 Å². The van der Waals surface area contributed by atoms with E-state index in [1.165, 1.54) is 0 Å². The second-order valence-electron chi connectivity index (χ2n) is 7.76. The van der Waals surface area contributed by atoms with Crippen LogP contribution in [-0.2, 0) is 21.5 Å². The number of urea groups is 1. The predicted octanol–water partition coefficient (Wildman–Crippen LogP) is 2.74. The van der Waals surface area contributed by atoms with Crippen molar-refractivity contribution in [1.82, 2.24) is 10.2 Å². The number of benzene rings is 2. The van der Waals surface area contributed by atoms with Crippen LogP contribution in [0.25, 0.3) is 0 Å². The lowest BCUT2D eigenvalue weighted by atomic mass is 9.91. The number of imide groups is 1. The van der Waals surface area contributed by atoms with Crippen LogP contribution in [0.4, 0.5) is 10.5 Å². The molecule has 0 aromatic heterocycles. The lowest BCUT2D eigenvalue weighted by Gasteiger charge is -2.25. The Labute approximate surface area is 164 Å². The zero-order valence-electron chi connectivity index (χ0n) is 16.2. The summed E-state index contributed by atoms with van der Waals surface area (Å²) in [5.74, 6) is -0.663. The largest absolute Gasteiger partial charge is 0.325 e. The van der Waals surface area contributed by atoms with E-state index in [2.05, 4.69) is 5.32 Å². The van der Waals surface area contributed by atoms with Gasteiger partial charge in [0.1, 0.15) is 12.1 Å². The number of para-hydroxylation sites is 1. The van der Waals surface area contributed by atoms with Crippen LogP contribution in [0, 0.1) is 6.92 Å². The average Bonchev–Trinajstić information content (AvgIpc) is 3.11. The summed E-state index contributed by atoms with van der Waals surface area (Å²) in [5, 5.41) is 2.76. The summed E-state index contributed by atoms with van der Waals surface area (Å²) in [7, 11) is 0. The molecule has 0 bridgehead atoms. The minimum atomic E-state index is -1.17. The molecule has 144 valence electrons. The van der Waals surface area contributed by atoms with Gasteiger partial charge in [-0.15, -0.1) is 0 Å². The van der Waals surface area contributed by atoms with Gasteiger partial charge in [0.25, 0.3) is 5.91 Å². The number of hydrogen-bond acceptors (Lipinski definition) is 3. The van der Waals surface area contributed by atoms with Gasteiger partial charge in [-0.05, 0) is 44.4 Å². The normalized spacial score (nSPS) is 23.8. The molecule has 2 heterocycles. The first-order valence-electron chi connectivity index (χ1n) is 9.42. The highest BCUT2D eigenvalue weighted by atomic mass is 16.2. The van der Waals surface area contributed by atoms with Crippen LogP contribution in [0.3, 0.4) is 0 Å². The summed E-state index contributed by atoms with van der Waals surface area (Å²) in [6.45, 7) is 5.34. The number of anilines is 1. The quantitative estimate of drug-likeness (QED) is 0.836. The van der Waals surface area contributed by atoms with E-state index in [9.17, 15) is 14.4 Å². The van der Waals surface area contributed by atoms with Crippen LogP contribution in [0.5, 0.6) is 0 Å². The van der Waals surface area contributed by atoms with E-state index in [0.29, 0.717) is 5.56 Å². The van der Waals surface area contributed by atoms with Crippen LogP contribution >= 0.6 is 0 Å². The number of nitrogens with zero attached hydrogens (tertiary/aromatic N) is 2. The average molecular weight is 377 g/mol. The smallest absolute Gasteiger partial charge is 0.319 e. The molecular formula is C22H23N3O3. The molecule has 2 atom stereocenters. The fourth-order valence-corrected chi connectivity index (χ4v) is 4.08. The van der Waals surface area contributed by atoms with E-state index in [4.69, 9.17) is 0 Å². The summed E-state index contributed by atoms with van der Waals surface area (Å²) < 4.78 is 0. The van der Waals surface area contributed by atoms with Crippen molar-refractivity contribution in [3.63, 3.8) is 0 Å². The third-order valence-electron chi connectivity index (χ3n) is 5.67. The standard InChI is InChI=1S/C22H23N3O3/c1-14-8-10-17(11-9-14)22(3)20(27)24(21(28)23-22)13-19(26)25-15(2)12-16-6-4-5-7-18(16)25/h4-11,15H,12-13H2,1-3H3,(H,23,28)/t15-,22+/m0/s1. The Kier molecular flexibility index (Phi) is 4.22. The first-order valence-corrected chi connectivity index (χ1v) is 9.42. The number of amides is 4. The van der Waals surface area contributed by atoms with Crippen molar-refractivity contribution in [2.24, 2.45) is 0 Å². The monoisotopic (exact) mass is 377 g/mol. The Bertz CT molecular complexity index is 969. The molecule has 0 saturated carbocycles. The van der Waals surface area contributed by atoms with Crippen molar-refractivity contribution >= 4 is 23.5 Å². The summed E-state index contributed by atoms with van der Waals surface area (Å²) in [5.41, 5.74) is 2.56. The minimum Gasteiger partial charge on any atom is -0.319 e. The first-order chi connectivity index (χ1) is 13.3. The molecule has 0 unspecified atom stereocenters. The molecular weight excluding hydrogens is 354 g/mol. The second kappa shape index (κ2) is 6.48. The molecule has 4 amide bonds. The van der Waals surface area contributed by atoms with Gasteiger partial charge in [0.15, 0.2) is 0 Å². The summed E-state index contributed by atoms with van der Waals surface area (Å²) in [6, 6.07) is 14.7. The molecule has 0 spiro atoms. The van der Waals surface area contributed by atoms with Crippen molar-refractivity contribution in [1.29, 1.82) is 0 Å². The maximum atomic E-state index is 13.1. The molecule has 6 nitrogen and oxygen atoms in total. The van der Waals surface area contributed by atoms with Crippen molar-refractivity contribution in [2.45, 2.75) is 38.8 Å². The molecule has 1 fully saturated rings.